The average Bonchev–Trinajstić information content (AvgIpc) is 2.58. The number of urea groups is 1. The van der Waals surface area contributed by atoms with Gasteiger partial charge in [-0.05, 0) is 30.2 Å². The molecule has 0 atom stereocenters. The van der Waals surface area contributed by atoms with Crippen molar-refractivity contribution in [3.8, 4) is 5.75 Å². The maximum atomic E-state index is 12.5. The van der Waals surface area contributed by atoms with Crippen LogP contribution in [0, 0.1) is 0 Å². The van der Waals surface area contributed by atoms with E-state index in [9.17, 15) is 4.79 Å². The number of carbonyl (C=O) groups is 1. The molecule has 0 aliphatic carbocycles. The molecule has 0 radical (unpaired) electrons. The fourth-order valence-electron chi connectivity index (χ4n) is 2.06. The van der Waals surface area contributed by atoms with Crippen LogP contribution in [-0.4, -0.2) is 24.7 Å². The van der Waals surface area contributed by atoms with Crippen molar-refractivity contribution in [3.05, 3.63) is 54.4 Å². The predicted octanol–water partition coefficient (Wildman–Crippen LogP) is 3.22. The van der Waals surface area contributed by atoms with Crippen molar-refractivity contribution in [2.75, 3.05) is 18.6 Å². The van der Waals surface area contributed by atoms with Gasteiger partial charge >= 0.3 is 6.03 Å². The highest BCUT2D eigenvalue weighted by atomic mass is 16.5. The summed E-state index contributed by atoms with van der Waals surface area (Å²) in [6, 6.07) is 11.2. The second-order valence-corrected chi connectivity index (χ2v) is 4.88. The van der Waals surface area contributed by atoms with Crippen molar-refractivity contribution in [1.29, 1.82) is 0 Å². The second-order valence-electron chi connectivity index (χ2n) is 4.88. The van der Waals surface area contributed by atoms with E-state index in [-0.39, 0.29) is 6.03 Å². The number of pyridine rings is 1. The van der Waals surface area contributed by atoms with Crippen LogP contribution < -0.4 is 15.0 Å². The predicted molar refractivity (Wildman–Crippen MR) is 87.1 cm³/mol. The standard InChI is InChI=1S/C17H21N3O2/c1-3-9-19-17(21)20(13-14-6-5-10-18-12-14)15-7-4-8-16(11-15)22-2/h4-8,10-12H,3,9,13H2,1-2H3,(H,19,21). The lowest BCUT2D eigenvalue weighted by Crippen LogP contribution is -2.40. The lowest BCUT2D eigenvalue weighted by atomic mass is 10.2. The van der Waals surface area contributed by atoms with Gasteiger partial charge in [0.1, 0.15) is 5.75 Å². The monoisotopic (exact) mass is 299 g/mol. The van der Waals surface area contributed by atoms with Gasteiger partial charge in [0, 0.05) is 30.7 Å². The van der Waals surface area contributed by atoms with E-state index in [1.165, 1.54) is 0 Å². The molecule has 0 bridgehead atoms. The van der Waals surface area contributed by atoms with Gasteiger partial charge in [-0.1, -0.05) is 19.1 Å². The lowest BCUT2D eigenvalue weighted by molar-refractivity contribution is 0.246. The maximum Gasteiger partial charge on any atom is 0.322 e. The molecule has 5 heteroatoms. The van der Waals surface area contributed by atoms with Gasteiger partial charge in [0.2, 0.25) is 0 Å². The second kappa shape index (κ2) is 8.02. The molecule has 22 heavy (non-hydrogen) atoms. The number of anilines is 1. The Balaban J connectivity index is 2.25. The Morgan fingerprint density at radius 2 is 2.18 bits per heavy atom. The first-order chi connectivity index (χ1) is 10.7. The number of rotatable bonds is 6. The molecule has 5 nitrogen and oxygen atoms in total. The van der Waals surface area contributed by atoms with Crippen molar-refractivity contribution in [1.82, 2.24) is 10.3 Å². The van der Waals surface area contributed by atoms with Crippen molar-refractivity contribution >= 4 is 11.7 Å². The Labute approximate surface area is 130 Å². The highest BCUT2D eigenvalue weighted by molar-refractivity contribution is 5.92. The zero-order chi connectivity index (χ0) is 15.8. The van der Waals surface area contributed by atoms with Crippen LogP contribution >= 0.6 is 0 Å². The SMILES string of the molecule is CCCNC(=O)N(Cc1cccnc1)c1cccc(OC)c1. The van der Waals surface area contributed by atoms with Crippen LogP contribution in [0.4, 0.5) is 10.5 Å². The zero-order valence-electron chi connectivity index (χ0n) is 13.0. The molecule has 1 N–H and O–H groups in total. The van der Waals surface area contributed by atoms with Crippen molar-refractivity contribution in [2.24, 2.45) is 0 Å². The number of benzene rings is 1. The van der Waals surface area contributed by atoms with E-state index >= 15 is 0 Å². The normalized spacial score (nSPS) is 10.1. The highest BCUT2D eigenvalue weighted by Gasteiger charge is 2.16. The fraction of sp³-hybridized carbons (Fsp3) is 0.294. The molecule has 1 aromatic carbocycles. The molecule has 0 aliphatic rings. The number of carbonyl (C=O) groups excluding carboxylic acids is 1. The molecular formula is C17H21N3O2. The van der Waals surface area contributed by atoms with Crippen LogP contribution in [0.3, 0.4) is 0 Å². The van der Waals surface area contributed by atoms with E-state index in [2.05, 4.69) is 10.3 Å². The van der Waals surface area contributed by atoms with Crippen LogP contribution in [-0.2, 0) is 6.54 Å². The van der Waals surface area contributed by atoms with Gasteiger partial charge in [-0.3, -0.25) is 9.88 Å². The van der Waals surface area contributed by atoms with E-state index < -0.39 is 0 Å². The first-order valence-corrected chi connectivity index (χ1v) is 7.33. The number of aromatic nitrogens is 1. The molecule has 0 spiro atoms. The number of nitrogens with one attached hydrogen (secondary N) is 1. The number of hydrogen-bond acceptors (Lipinski definition) is 3. The minimum absolute atomic E-state index is 0.126. The summed E-state index contributed by atoms with van der Waals surface area (Å²) < 4.78 is 5.25. The van der Waals surface area contributed by atoms with Crippen molar-refractivity contribution < 1.29 is 9.53 Å². The van der Waals surface area contributed by atoms with Crippen molar-refractivity contribution in [2.45, 2.75) is 19.9 Å². The van der Waals surface area contributed by atoms with E-state index in [0.29, 0.717) is 13.1 Å². The summed E-state index contributed by atoms with van der Waals surface area (Å²) in [5.74, 6) is 0.719. The van der Waals surface area contributed by atoms with E-state index in [0.717, 1.165) is 23.4 Å². The Bertz CT molecular complexity index is 602. The summed E-state index contributed by atoms with van der Waals surface area (Å²) in [5.41, 5.74) is 1.76. The molecule has 0 aliphatic heterocycles. The molecular weight excluding hydrogens is 278 g/mol. The quantitative estimate of drug-likeness (QED) is 0.891. The number of ether oxygens (including phenoxy) is 1. The van der Waals surface area contributed by atoms with Gasteiger partial charge in [-0.15, -0.1) is 0 Å². The number of amides is 2. The molecule has 0 saturated carbocycles. The molecule has 0 fully saturated rings. The van der Waals surface area contributed by atoms with Crippen molar-refractivity contribution in [3.63, 3.8) is 0 Å². The van der Waals surface area contributed by atoms with Gasteiger partial charge in [-0.2, -0.15) is 0 Å². The van der Waals surface area contributed by atoms with Gasteiger partial charge in [-0.25, -0.2) is 4.79 Å². The minimum Gasteiger partial charge on any atom is -0.497 e. The van der Waals surface area contributed by atoms with Gasteiger partial charge in [0.15, 0.2) is 0 Å². The third-order valence-electron chi connectivity index (χ3n) is 3.20. The molecule has 2 aromatic rings. The van der Waals surface area contributed by atoms with Crippen LogP contribution in [0.25, 0.3) is 0 Å². The zero-order valence-corrected chi connectivity index (χ0v) is 13.0. The first kappa shape index (κ1) is 15.8. The lowest BCUT2D eigenvalue weighted by Gasteiger charge is -2.23. The molecule has 2 rings (SSSR count). The van der Waals surface area contributed by atoms with Crippen LogP contribution in [0.2, 0.25) is 0 Å². The summed E-state index contributed by atoms with van der Waals surface area (Å²) in [4.78, 5) is 18.3. The number of hydrogen-bond donors (Lipinski definition) is 1. The smallest absolute Gasteiger partial charge is 0.322 e. The number of nitrogens with zero attached hydrogens (tertiary/aromatic N) is 2. The number of methoxy groups -OCH3 is 1. The van der Waals surface area contributed by atoms with E-state index in [1.807, 2.05) is 43.3 Å². The Hall–Kier alpha value is -2.56. The van der Waals surface area contributed by atoms with Crippen LogP contribution in [0.15, 0.2) is 48.8 Å². The maximum absolute atomic E-state index is 12.5. The molecule has 0 saturated heterocycles. The largest absolute Gasteiger partial charge is 0.497 e. The minimum atomic E-state index is -0.126. The topological polar surface area (TPSA) is 54.5 Å². The molecule has 2 amide bonds. The molecule has 0 unspecified atom stereocenters. The first-order valence-electron chi connectivity index (χ1n) is 7.33. The van der Waals surface area contributed by atoms with E-state index in [1.54, 1.807) is 24.4 Å². The fourth-order valence-corrected chi connectivity index (χ4v) is 2.06. The van der Waals surface area contributed by atoms with Crippen LogP contribution in [0.1, 0.15) is 18.9 Å². The summed E-state index contributed by atoms with van der Waals surface area (Å²) in [7, 11) is 1.61. The summed E-state index contributed by atoms with van der Waals surface area (Å²) in [5, 5.41) is 2.91. The van der Waals surface area contributed by atoms with Gasteiger partial charge in [0.25, 0.3) is 0 Å². The Morgan fingerprint density at radius 3 is 2.86 bits per heavy atom. The Kier molecular flexibility index (Phi) is 5.77. The molecule has 116 valence electrons. The summed E-state index contributed by atoms with van der Waals surface area (Å²) in [6.45, 7) is 3.13. The van der Waals surface area contributed by atoms with Gasteiger partial charge in [0.05, 0.1) is 13.7 Å². The third kappa shape index (κ3) is 4.22. The summed E-state index contributed by atoms with van der Waals surface area (Å²) >= 11 is 0. The van der Waals surface area contributed by atoms with Gasteiger partial charge < -0.3 is 10.1 Å². The highest BCUT2D eigenvalue weighted by Crippen LogP contribution is 2.22. The van der Waals surface area contributed by atoms with Crippen LogP contribution in [0.5, 0.6) is 5.75 Å². The summed E-state index contributed by atoms with van der Waals surface area (Å²) in [6.07, 6.45) is 4.38. The Morgan fingerprint density at radius 1 is 1.32 bits per heavy atom. The average molecular weight is 299 g/mol. The molecule has 1 aromatic heterocycles. The van der Waals surface area contributed by atoms with E-state index in [4.69, 9.17) is 4.74 Å². The molecule has 1 heterocycles. The third-order valence-corrected chi connectivity index (χ3v) is 3.20.